The van der Waals surface area contributed by atoms with Gasteiger partial charge >= 0.3 is 0 Å². The summed E-state index contributed by atoms with van der Waals surface area (Å²) in [6.07, 6.45) is 2.75. The first kappa shape index (κ1) is 3.26. The Morgan fingerprint density at radius 3 is 2.60 bits per heavy atom. The Hall–Kier alpha value is 0.0649. The van der Waals surface area contributed by atoms with Crippen LogP contribution in [-0.2, 0) is 0 Å². The van der Waals surface area contributed by atoms with Crippen LogP contribution in [0, 0.1) is 0 Å². The number of hydrogen-bond donors (Lipinski definition) is 0. The van der Waals surface area contributed by atoms with Gasteiger partial charge in [0.15, 0.2) is 0 Å². The third kappa shape index (κ3) is 0.676. The van der Waals surface area contributed by atoms with Crippen molar-refractivity contribution in [2.45, 2.75) is 25.5 Å². The van der Waals surface area contributed by atoms with E-state index in [1.807, 2.05) is 0 Å². The minimum absolute atomic E-state index is 1.01. The zero-order valence-electron chi connectivity index (χ0n) is 3.57. The number of hydrogen-bond acceptors (Lipinski definition) is 0. The van der Waals surface area contributed by atoms with Crippen LogP contribution < -0.4 is 0 Å². The van der Waals surface area contributed by atoms with Gasteiger partial charge < -0.3 is 0 Å². The van der Waals surface area contributed by atoms with E-state index in [4.69, 9.17) is 0 Å². The Balaban J connectivity index is 2.00. The van der Waals surface area contributed by atoms with Gasteiger partial charge in [0.2, 0.25) is 0 Å². The van der Waals surface area contributed by atoms with Gasteiger partial charge in [-0.05, 0) is 0 Å². The monoisotopic (exact) mass is 67.1 g/mol. The predicted octanol–water partition coefficient (Wildman–Crippen LogP) is 1.32. The lowest BCUT2D eigenvalue weighted by Gasteiger charge is -1.74. The fraction of sp³-hybridized carbons (Fsp3) is 1.00. The molecule has 1 radical (unpaired) electrons. The third-order valence-electron chi connectivity index (χ3n) is 1.09. The van der Waals surface area contributed by atoms with Gasteiger partial charge in [-0.1, -0.05) is 25.5 Å². The molecule has 0 aliphatic carbocycles. The van der Waals surface area contributed by atoms with Gasteiger partial charge in [0.1, 0.15) is 7.28 Å². The summed E-state index contributed by atoms with van der Waals surface area (Å²) in [4.78, 5) is 0. The quantitative estimate of drug-likeness (QED) is 0.405. The van der Waals surface area contributed by atoms with E-state index >= 15 is 0 Å². The van der Waals surface area contributed by atoms with Crippen molar-refractivity contribution < 1.29 is 0 Å². The Kier molecular flexibility index (Phi) is 0.677. The standard InChI is InChI=1S/C4H8B/c1-2-4-3-5-4/h4H,2-3H2,1H3. The van der Waals surface area contributed by atoms with Crippen LogP contribution in [0.1, 0.15) is 13.3 Å². The zero-order valence-corrected chi connectivity index (χ0v) is 3.57. The molecular formula is C4H8B. The lowest BCUT2D eigenvalue weighted by Crippen LogP contribution is -1.56. The van der Waals surface area contributed by atoms with Gasteiger partial charge in [-0.15, -0.1) is 0 Å². The molecule has 1 fully saturated rings. The van der Waals surface area contributed by atoms with E-state index in [0.29, 0.717) is 0 Å². The van der Waals surface area contributed by atoms with Crippen molar-refractivity contribution in [1.82, 2.24) is 0 Å². The second-order valence-corrected chi connectivity index (χ2v) is 1.64. The molecule has 1 rings (SSSR count). The summed E-state index contributed by atoms with van der Waals surface area (Å²) in [6, 6.07) is 0. The predicted molar refractivity (Wildman–Crippen MR) is 24.6 cm³/mol. The molecule has 0 amide bonds. The second kappa shape index (κ2) is 1.04. The highest BCUT2D eigenvalue weighted by Crippen LogP contribution is 2.29. The van der Waals surface area contributed by atoms with E-state index in [2.05, 4.69) is 14.2 Å². The summed E-state index contributed by atoms with van der Waals surface area (Å²) in [5, 5.41) is 0. The van der Waals surface area contributed by atoms with Crippen LogP contribution in [-0.4, -0.2) is 7.28 Å². The summed E-state index contributed by atoms with van der Waals surface area (Å²) in [5.41, 5.74) is 0. The lowest BCUT2D eigenvalue weighted by molar-refractivity contribution is 0.959. The molecule has 1 saturated heterocycles. The smallest absolute Gasteiger partial charge is 0.0841 e. The van der Waals surface area contributed by atoms with E-state index in [-0.39, 0.29) is 0 Å². The molecule has 0 N–H and O–H groups in total. The lowest BCUT2D eigenvalue weighted by atomic mass is 10.0. The third-order valence-corrected chi connectivity index (χ3v) is 1.09. The Morgan fingerprint density at radius 1 is 2.00 bits per heavy atom. The van der Waals surface area contributed by atoms with Gasteiger partial charge in [0.25, 0.3) is 0 Å². The molecule has 0 bridgehead atoms. The van der Waals surface area contributed by atoms with Gasteiger partial charge in [0, 0.05) is 0 Å². The molecule has 1 atom stereocenters. The first-order valence-corrected chi connectivity index (χ1v) is 2.27. The summed E-state index contributed by atoms with van der Waals surface area (Å²) in [6.45, 7) is 2.23. The second-order valence-electron chi connectivity index (χ2n) is 1.64. The highest BCUT2D eigenvalue weighted by atomic mass is 14.0. The van der Waals surface area contributed by atoms with Crippen molar-refractivity contribution in [3.05, 3.63) is 0 Å². The van der Waals surface area contributed by atoms with Crippen LogP contribution in [0.3, 0.4) is 0 Å². The first-order valence-electron chi connectivity index (χ1n) is 2.27. The fourth-order valence-corrected chi connectivity index (χ4v) is 0.430. The van der Waals surface area contributed by atoms with Gasteiger partial charge in [-0.2, -0.15) is 0 Å². The van der Waals surface area contributed by atoms with Crippen LogP contribution in [0.2, 0.25) is 12.1 Å². The average molecular weight is 66.9 g/mol. The van der Waals surface area contributed by atoms with Crippen molar-refractivity contribution in [3.63, 3.8) is 0 Å². The molecule has 0 aromatic carbocycles. The van der Waals surface area contributed by atoms with Gasteiger partial charge in [0.05, 0.1) is 0 Å². The van der Waals surface area contributed by atoms with Crippen LogP contribution in [0.25, 0.3) is 0 Å². The molecule has 5 heavy (non-hydrogen) atoms. The molecule has 1 aliphatic rings. The highest BCUT2D eigenvalue weighted by molar-refractivity contribution is 6.50. The largest absolute Gasteiger partial charge is 0.112 e. The molecule has 1 heterocycles. The minimum atomic E-state index is 1.01. The topological polar surface area (TPSA) is 0 Å². The maximum absolute atomic E-state index is 2.35. The van der Waals surface area contributed by atoms with Crippen LogP contribution >= 0.6 is 0 Å². The highest BCUT2D eigenvalue weighted by Gasteiger charge is 2.19. The molecule has 1 heteroatoms. The van der Waals surface area contributed by atoms with E-state index in [1.54, 1.807) is 0 Å². The molecule has 1 aliphatic heterocycles. The maximum atomic E-state index is 2.35. The van der Waals surface area contributed by atoms with Crippen molar-refractivity contribution in [1.29, 1.82) is 0 Å². The summed E-state index contributed by atoms with van der Waals surface area (Å²) in [7, 11) is 2.35. The van der Waals surface area contributed by atoms with E-state index < -0.39 is 0 Å². The molecule has 0 spiro atoms. The van der Waals surface area contributed by atoms with E-state index in [9.17, 15) is 0 Å². The van der Waals surface area contributed by atoms with Crippen LogP contribution in [0.15, 0.2) is 0 Å². The minimum Gasteiger partial charge on any atom is -0.0841 e. The molecule has 1 unspecified atom stereocenters. The molecular weight excluding hydrogens is 58.9 g/mol. The molecule has 27 valence electrons. The van der Waals surface area contributed by atoms with Crippen molar-refractivity contribution in [2.24, 2.45) is 0 Å². The van der Waals surface area contributed by atoms with Gasteiger partial charge in [-0.3, -0.25) is 0 Å². The van der Waals surface area contributed by atoms with Gasteiger partial charge in [-0.25, -0.2) is 0 Å². The summed E-state index contributed by atoms with van der Waals surface area (Å²) < 4.78 is 0. The van der Waals surface area contributed by atoms with Crippen molar-refractivity contribution >= 4 is 7.28 Å². The first-order chi connectivity index (χ1) is 2.43. The normalized spacial score (nSPS) is 32.6. The summed E-state index contributed by atoms with van der Waals surface area (Å²) >= 11 is 0. The average Bonchev–Trinajstić information content (AvgIpc) is 2.12. The molecule has 0 aromatic heterocycles. The summed E-state index contributed by atoms with van der Waals surface area (Å²) in [5.74, 6) is 1.01. The van der Waals surface area contributed by atoms with Crippen molar-refractivity contribution in [3.8, 4) is 0 Å². The van der Waals surface area contributed by atoms with Crippen LogP contribution in [0.4, 0.5) is 0 Å². The van der Waals surface area contributed by atoms with E-state index in [1.165, 1.54) is 12.7 Å². The Morgan fingerprint density at radius 2 is 2.60 bits per heavy atom. The van der Waals surface area contributed by atoms with Crippen LogP contribution in [0.5, 0.6) is 0 Å². The Labute approximate surface area is 33.8 Å². The van der Waals surface area contributed by atoms with E-state index in [0.717, 1.165) is 5.82 Å². The molecule has 0 nitrogen and oxygen atoms in total. The fourth-order valence-electron chi connectivity index (χ4n) is 0.430. The molecule has 0 aromatic rings. The number of rotatable bonds is 1. The Bertz CT molecular complexity index is 30.6. The zero-order chi connectivity index (χ0) is 3.70. The van der Waals surface area contributed by atoms with Crippen molar-refractivity contribution in [2.75, 3.05) is 0 Å². The maximum Gasteiger partial charge on any atom is 0.112 e. The SMILES string of the molecule is CCC1[B]C1. The molecule has 0 saturated carbocycles.